The van der Waals surface area contributed by atoms with Gasteiger partial charge in [-0.2, -0.15) is 0 Å². The van der Waals surface area contributed by atoms with Crippen molar-refractivity contribution in [3.63, 3.8) is 0 Å². The van der Waals surface area contributed by atoms with Gasteiger partial charge >= 0.3 is 0 Å². The van der Waals surface area contributed by atoms with Gasteiger partial charge in [-0.3, -0.25) is 0 Å². The Kier molecular flexibility index (Phi) is 20.3. The second-order valence-corrected chi connectivity index (χ2v) is 33.0. The average Bonchev–Trinajstić information content (AvgIpc) is 1.55. The zero-order valence-corrected chi connectivity index (χ0v) is 69.8. The van der Waals surface area contributed by atoms with Gasteiger partial charge in [-0.05, 0) is 304 Å². The van der Waals surface area contributed by atoms with Crippen molar-refractivity contribution >= 4 is 0 Å². The van der Waals surface area contributed by atoms with Gasteiger partial charge in [-0.15, -0.1) is 0 Å². The lowest BCUT2D eigenvalue weighted by Gasteiger charge is -2.36. The molecule has 21 aromatic rings. The lowest BCUT2D eigenvalue weighted by atomic mass is 9.66. The number of aromatic nitrogens is 3. The first-order chi connectivity index (χ1) is 62.8. The minimum atomic E-state index is -1.07. The fourth-order valence-corrected chi connectivity index (χ4v) is 18.8. The Morgan fingerprint density at radius 3 is 0.551 bits per heavy atom. The van der Waals surface area contributed by atoms with E-state index in [1.165, 1.54) is 0 Å². The average molecular weight is 1620 g/mol. The molecule has 0 unspecified atom stereocenters. The molecule has 0 amide bonds. The molecule has 0 aliphatic heterocycles. The molecule has 127 heavy (non-hydrogen) atoms. The van der Waals surface area contributed by atoms with Crippen LogP contribution in [0.2, 0.25) is 0 Å². The first kappa shape index (κ1) is 76.5. The lowest BCUT2D eigenvalue weighted by Crippen LogP contribution is -2.29. The van der Waals surface area contributed by atoms with E-state index >= 15 is 0 Å². The summed E-state index contributed by atoms with van der Waals surface area (Å²) in [5, 5.41) is 0. The van der Waals surface area contributed by atoms with E-state index in [2.05, 4.69) is 504 Å². The third-order valence-electron chi connectivity index (χ3n) is 25.1. The van der Waals surface area contributed by atoms with E-state index in [4.69, 9.17) is 15.0 Å². The second-order valence-electron chi connectivity index (χ2n) is 33.0. The van der Waals surface area contributed by atoms with Crippen LogP contribution in [0, 0.1) is 0 Å². The van der Waals surface area contributed by atoms with Gasteiger partial charge in [-0.1, -0.05) is 388 Å². The SMILES string of the molecule is c1ccc(-c2cccc(-c3cc(-c4cccc(-c5ccccc5)c4)cc(C4(c5cc(-c6cccc(-c7ccccc7)c6)cc(-c6cccc(-c7ccccc7)c6)c5)c5ccccc5-c5ccc(-c6nc(-c7cccc(-c8cc(-c9ccccc9)cc(-c9ccccc9)c8)c7)nc(-c7cccc(-c8cc(-c9ccccc9)cc(-c9ccccc9)c8)c7)n6)cc54)c3)c2)cc1. The van der Waals surface area contributed by atoms with Crippen LogP contribution >= 0.6 is 0 Å². The summed E-state index contributed by atoms with van der Waals surface area (Å²) in [6.45, 7) is 0. The van der Waals surface area contributed by atoms with Crippen molar-refractivity contribution in [1.29, 1.82) is 0 Å². The van der Waals surface area contributed by atoms with Crippen LogP contribution in [0.1, 0.15) is 22.3 Å². The quantitative estimate of drug-likeness (QED) is 0.0810. The number of hydrogen-bond acceptors (Lipinski definition) is 3. The van der Waals surface area contributed by atoms with E-state index in [1.807, 2.05) is 0 Å². The van der Waals surface area contributed by atoms with E-state index in [1.54, 1.807) is 0 Å². The summed E-state index contributed by atoms with van der Waals surface area (Å²) >= 11 is 0. The number of nitrogens with zero attached hydrogens (tertiary/aromatic N) is 3. The predicted molar refractivity (Wildman–Crippen MR) is 530 cm³/mol. The summed E-state index contributed by atoms with van der Waals surface area (Å²) in [5.41, 5.74) is 39.4. The maximum absolute atomic E-state index is 5.83. The van der Waals surface area contributed by atoms with Crippen LogP contribution in [0.5, 0.6) is 0 Å². The Bertz CT molecular complexity index is 6920. The van der Waals surface area contributed by atoms with Gasteiger partial charge in [0.15, 0.2) is 17.5 Å². The van der Waals surface area contributed by atoms with Crippen molar-refractivity contribution in [2.75, 3.05) is 0 Å². The standard InChI is InChI=1S/C124H83N3/c1-9-33-84(34-10-1)92-49-27-53-96(65-92)111-77-112(97-54-28-50-93(66-97)85-35-11-2-12-36-85)80-115(79-111)124(116-81-113(98-55-29-51-94(67-98)86-37-13-3-14-38-86)78-114(82-116)99-56-30-52-95(68-99)87-39-15-4-16-40-87)119-62-26-25-61-117(119)118-64-63-104(83-120(118)124)123-126-121(102-59-31-57-100(69-102)109-73-105(88-41-17-5-18-42-88)71-106(74-109)89-43-19-6-20-44-89)125-122(127-123)103-60-32-58-101(70-103)110-75-107(90-45-21-7-22-46-90)72-108(76-110)91-47-23-8-24-48-91/h1-83H. The van der Waals surface area contributed by atoms with Crippen LogP contribution < -0.4 is 0 Å². The van der Waals surface area contributed by atoms with Crippen molar-refractivity contribution in [2.45, 2.75) is 5.41 Å². The summed E-state index contributed by atoms with van der Waals surface area (Å²) < 4.78 is 0. The predicted octanol–water partition coefficient (Wildman–Crippen LogP) is 32.6. The Morgan fingerprint density at radius 1 is 0.110 bits per heavy atom. The molecule has 3 nitrogen and oxygen atoms in total. The van der Waals surface area contributed by atoms with Crippen LogP contribution in [-0.4, -0.2) is 15.0 Å². The fourth-order valence-electron chi connectivity index (χ4n) is 18.8. The smallest absolute Gasteiger partial charge is 0.164 e. The van der Waals surface area contributed by atoms with Crippen molar-refractivity contribution in [1.82, 2.24) is 15.0 Å². The summed E-state index contributed by atoms with van der Waals surface area (Å²) in [4.78, 5) is 17.3. The van der Waals surface area contributed by atoms with Crippen LogP contribution in [-0.2, 0) is 5.41 Å². The van der Waals surface area contributed by atoms with E-state index in [0.29, 0.717) is 17.5 Å². The molecular weight excluding hydrogens is 1530 g/mol. The van der Waals surface area contributed by atoms with E-state index < -0.39 is 5.41 Å². The summed E-state index contributed by atoms with van der Waals surface area (Å²) in [5.74, 6) is 1.62. The molecule has 1 heterocycles. The molecule has 0 saturated carbocycles. The first-order valence-corrected chi connectivity index (χ1v) is 43.5. The Labute approximate surface area is 742 Å². The van der Waals surface area contributed by atoms with Crippen LogP contribution in [0.3, 0.4) is 0 Å². The van der Waals surface area contributed by atoms with E-state index in [0.717, 1.165) is 206 Å². The van der Waals surface area contributed by atoms with Gasteiger partial charge in [0.05, 0.1) is 5.41 Å². The summed E-state index contributed by atoms with van der Waals surface area (Å²) in [6, 6.07) is 185. The largest absolute Gasteiger partial charge is 0.208 e. The van der Waals surface area contributed by atoms with Gasteiger partial charge in [0.25, 0.3) is 0 Å². The van der Waals surface area contributed by atoms with Gasteiger partial charge < -0.3 is 0 Å². The Hall–Kier alpha value is -16.6. The summed E-state index contributed by atoms with van der Waals surface area (Å²) in [7, 11) is 0. The highest BCUT2D eigenvalue weighted by atomic mass is 15.0. The molecule has 20 aromatic carbocycles. The molecule has 1 aliphatic rings. The number of hydrogen-bond donors (Lipinski definition) is 0. The molecule has 0 fully saturated rings. The van der Waals surface area contributed by atoms with Crippen molar-refractivity contribution < 1.29 is 0 Å². The van der Waals surface area contributed by atoms with E-state index in [-0.39, 0.29) is 0 Å². The monoisotopic (exact) mass is 1610 g/mol. The maximum Gasteiger partial charge on any atom is 0.164 e. The fraction of sp³-hybridized carbons (Fsp3) is 0.00806. The molecule has 0 bridgehead atoms. The van der Waals surface area contributed by atoms with Crippen LogP contribution in [0.25, 0.3) is 201 Å². The first-order valence-electron chi connectivity index (χ1n) is 43.5. The molecule has 0 spiro atoms. The summed E-state index contributed by atoms with van der Waals surface area (Å²) in [6.07, 6.45) is 0. The third-order valence-corrected chi connectivity index (χ3v) is 25.1. The maximum atomic E-state index is 5.83. The zero-order valence-electron chi connectivity index (χ0n) is 69.8. The van der Waals surface area contributed by atoms with E-state index in [9.17, 15) is 0 Å². The normalized spacial score (nSPS) is 11.8. The lowest BCUT2D eigenvalue weighted by molar-refractivity contribution is 0.770. The minimum absolute atomic E-state index is 0.535. The van der Waals surface area contributed by atoms with Crippen LogP contribution in [0.15, 0.2) is 504 Å². The highest BCUT2D eigenvalue weighted by Crippen LogP contribution is 2.59. The minimum Gasteiger partial charge on any atom is -0.208 e. The Morgan fingerprint density at radius 2 is 0.283 bits per heavy atom. The molecule has 0 N–H and O–H groups in total. The Balaban J connectivity index is 0.810. The highest BCUT2D eigenvalue weighted by molar-refractivity contribution is 5.94. The van der Waals surface area contributed by atoms with Gasteiger partial charge in [0, 0.05) is 16.7 Å². The molecule has 1 aromatic heterocycles. The molecule has 0 atom stereocenters. The van der Waals surface area contributed by atoms with Gasteiger partial charge in [0.1, 0.15) is 0 Å². The number of fused-ring (bicyclic) bond motifs is 3. The van der Waals surface area contributed by atoms with Crippen molar-refractivity contribution in [3.05, 3.63) is 526 Å². The molecule has 594 valence electrons. The van der Waals surface area contributed by atoms with Gasteiger partial charge in [0.2, 0.25) is 0 Å². The molecular formula is C124H83N3. The second kappa shape index (κ2) is 33.7. The van der Waals surface area contributed by atoms with Crippen LogP contribution in [0.4, 0.5) is 0 Å². The molecule has 3 heteroatoms. The molecule has 1 aliphatic carbocycles. The highest BCUT2D eigenvalue weighted by Gasteiger charge is 2.47. The van der Waals surface area contributed by atoms with Crippen molar-refractivity contribution in [3.8, 4) is 201 Å². The molecule has 0 saturated heterocycles. The topological polar surface area (TPSA) is 38.7 Å². The zero-order chi connectivity index (χ0) is 84.4. The molecule has 22 rings (SSSR count). The molecule has 0 radical (unpaired) electrons. The number of benzene rings is 20. The third kappa shape index (κ3) is 15.3. The number of rotatable bonds is 19. The van der Waals surface area contributed by atoms with Gasteiger partial charge in [-0.25, -0.2) is 15.0 Å². The van der Waals surface area contributed by atoms with Crippen molar-refractivity contribution in [2.24, 2.45) is 0 Å².